The van der Waals surface area contributed by atoms with Crippen LogP contribution in [-0.2, 0) is 45.4 Å². The van der Waals surface area contributed by atoms with Crippen LogP contribution >= 0.6 is 0 Å². The highest BCUT2D eigenvalue weighted by Crippen LogP contribution is 2.37. The van der Waals surface area contributed by atoms with E-state index in [0.717, 1.165) is 22.3 Å². The van der Waals surface area contributed by atoms with Crippen molar-refractivity contribution >= 4 is 0 Å². The van der Waals surface area contributed by atoms with Crippen LogP contribution in [0.4, 0.5) is 0 Å². The van der Waals surface area contributed by atoms with Crippen LogP contribution in [0.5, 0.6) is 0 Å². The third-order valence-electron chi connectivity index (χ3n) is 8.32. The van der Waals surface area contributed by atoms with Crippen molar-refractivity contribution in [2.24, 2.45) is 0 Å². The van der Waals surface area contributed by atoms with E-state index in [2.05, 4.69) is 5.32 Å². The summed E-state index contributed by atoms with van der Waals surface area (Å²) < 4.78 is 26.1. The molecule has 244 valence electrons. The van der Waals surface area contributed by atoms with E-state index in [1.54, 1.807) is 0 Å². The van der Waals surface area contributed by atoms with Crippen LogP contribution in [0.2, 0.25) is 0 Å². The van der Waals surface area contributed by atoms with Gasteiger partial charge in [0, 0.05) is 6.04 Å². The summed E-state index contributed by atoms with van der Waals surface area (Å²) in [5, 5.41) is 35.9. The molecule has 5 atom stereocenters. The van der Waals surface area contributed by atoms with Gasteiger partial charge in [-0.1, -0.05) is 121 Å². The Kier molecular flexibility index (Phi) is 12.9. The fourth-order valence-electron chi connectivity index (χ4n) is 5.94. The standard InChI is InChI=1S/C38H45NO7/c40-22-33(23-41)39-34-21-38(42,28-43-24-29-13-5-1-6-14-29)37(46-27-32-19-11-4-12-20-32)36(45-26-31-17-9-3-10-18-31)35(34)44-25-30-15-7-2-8-16-30/h1-20,33-37,39-42H,21-28H2/t34-,35-,36+,37-,38-/m0/s1. The number of aliphatic hydroxyl groups excluding tert-OH is 2. The summed E-state index contributed by atoms with van der Waals surface area (Å²) in [5.74, 6) is 0. The first-order valence-electron chi connectivity index (χ1n) is 15.9. The van der Waals surface area contributed by atoms with E-state index >= 15 is 0 Å². The lowest BCUT2D eigenvalue weighted by atomic mass is 9.75. The predicted molar refractivity (Wildman–Crippen MR) is 176 cm³/mol. The molecule has 8 nitrogen and oxygen atoms in total. The number of ether oxygens (including phenoxy) is 4. The van der Waals surface area contributed by atoms with Gasteiger partial charge in [0.1, 0.15) is 23.9 Å². The Labute approximate surface area is 271 Å². The van der Waals surface area contributed by atoms with E-state index in [-0.39, 0.29) is 39.5 Å². The normalized spacial score (nSPS) is 23.0. The van der Waals surface area contributed by atoms with Crippen LogP contribution < -0.4 is 5.32 Å². The summed E-state index contributed by atoms with van der Waals surface area (Å²) in [4.78, 5) is 0. The van der Waals surface area contributed by atoms with Crippen molar-refractivity contribution in [3.63, 3.8) is 0 Å². The van der Waals surface area contributed by atoms with Crippen LogP contribution in [0, 0.1) is 0 Å². The van der Waals surface area contributed by atoms with Gasteiger partial charge >= 0.3 is 0 Å². The van der Waals surface area contributed by atoms with E-state index in [4.69, 9.17) is 18.9 Å². The maximum absolute atomic E-state index is 12.5. The molecule has 4 N–H and O–H groups in total. The van der Waals surface area contributed by atoms with Gasteiger partial charge in [0.15, 0.2) is 0 Å². The predicted octanol–water partition coefficient (Wildman–Crippen LogP) is 4.41. The molecule has 46 heavy (non-hydrogen) atoms. The van der Waals surface area contributed by atoms with Gasteiger partial charge in [-0.3, -0.25) is 0 Å². The molecule has 1 aliphatic carbocycles. The van der Waals surface area contributed by atoms with Crippen LogP contribution in [0.1, 0.15) is 28.7 Å². The Morgan fingerprint density at radius 2 is 1.00 bits per heavy atom. The fraction of sp³-hybridized carbons (Fsp3) is 0.368. The number of benzene rings is 4. The molecule has 0 bridgehead atoms. The topological polar surface area (TPSA) is 110 Å². The van der Waals surface area contributed by atoms with Gasteiger partial charge in [0.2, 0.25) is 0 Å². The molecule has 5 rings (SSSR count). The van der Waals surface area contributed by atoms with Gasteiger partial charge < -0.3 is 39.6 Å². The number of hydrogen-bond acceptors (Lipinski definition) is 8. The zero-order valence-electron chi connectivity index (χ0n) is 26.1. The first kappa shape index (κ1) is 33.9. The van der Waals surface area contributed by atoms with E-state index in [1.165, 1.54) is 0 Å². The largest absolute Gasteiger partial charge is 0.395 e. The second-order valence-electron chi connectivity index (χ2n) is 11.9. The van der Waals surface area contributed by atoms with Crippen LogP contribution in [0.3, 0.4) is 0 Å². The molecule has 0 aromatic heterocycles. The summed E-state index contributed by atoms with van der Waals surface area (Å²) >= 11 is 0. The number of hydrogen-bond donors (Lipinski definition) is 4. The summed E-state index contributed by atoms with van der Waals surface area (Å²) in [6, 6.07) is 38.2. The van der Waals surface area contributed by atoms with E-state index < -0.39 is 36.0 Å². The molecular formula is C38H45NO7. The second kappa shape index (κ2) is 17.5. The molecule has 1 fully saturated rings. The van der Waals surface area contributed by atoms with Crippen molar-refractivity contribution in [2.45, 2.75) is 68.8 Å². The third kappa shape index (κ3) is 9.54. The van der Waals surface area contributed by atoms with Crippen molar-refractivity contribution in [3.8, 4) is 0 Å². The van der Waals surface area contributed by atoms with Crippen molar-refractivity contribution in [1.82, 2.24) is 5.32 Å². The van der Waals surface area contributed by atoms with Crippen molar-refractivity contribution in [3.05, 3.63) is 144 Å². The van der Waals surface area contributed by atoms with Crippen LogP contribution in [0.25, 0.3) is 0 Å². The highest BCUT2D eigenvalue weighted by Gasteiger charge is 2.55. The molecule has 1 saturated carbocycles. The molecule has 0 heterocycles. The minimum Gasteiger partial charge on any atom is -0.395 e. The summed E-state index contributed by atoms with van der Waals surface area (Å²) in [7, 11) is 0. The molecular weight excluding hydrogens is 582 g/mol. The maximum Gasteiger partial charge on any atom is 0.118 e. The second-order valence-corrected chi connectivity index (χ2v) is 11.9. The van der Waals surface area contributed by atoms with Gasteiger partial charge in [0.25, 0.3) is 0 Å². The van der Waals surface area contributed by atoms with Gasteiger partial charge in [-0.25, -0.2) is 0 Å². The Morgan fingerprint density at radius 3 is 1.46 bits per heavy atom. The number of nitrogens with one attached hydrogen (secondary N) is 1. The lowest BCUT2D eigenvalue weighted by Crippen LogP contribution is -2.70. The Balaban J connectivity index is 1.48. The van der Waals surface area contributed by atoms with Gasteiger partial charge in [-0.15, -0.1) is 0 Å². The minimum absolute atomic E-state index is 0.0287. The average Bonchev–Trinajstić information content (AvgIpc) is 3.10. The molecule has 0 amide bonds. The fourth-order valence-corrected chi connectivity index (χ4v) is 5.94. The van der Waals surface area contributed by atoms with E-state index in [0.29, 0.717) is 13.2 Å². The molecule has 1 aliphatic rings. The van der Waals surface area contributed by atoms with Gasteiger partial charge in [0.05, 0.1) is 52.3 Å². The maximum atomic E-state index is 12.5. The first-order chi connectivity index (χ1) is 22.6. The summed E-state index contributed by atoms with van der Waals surface area (Å²) in [6.45, 7) is 0.517. The van der Waals surface area contributed by atoms with Crippen molar-refractivity contribution in [2.75, 3.05) is 19.8 Å². The van der Waals surface area contributed by atoms with Gasteiger partial charge in [-0.05, 0) is 28.7 Å². The quantitative estimate of drug-likeness (QED) is 0.136. The molecule has 0 spiro atoms. The Hall–Kier alpha value is -3.44. The molecule has 0 unspecified atom stereocenters. The van der Waals surface area contributed by atoms with Gasteiger partial charge in [-0.2, -0.15) is 0 Å². The van der Waals surface area contributed by atoms with E-state index in [1.807, 2.05) is 121 Å². The highest BCUT2D eigenvalue weighted by molar-refractivity contribution is 5.18. The Morgan fingerprint density at radius 1 is 0.587 bits per heavy atom. The smallest absolute Gasteiger partial charge is 0.118 e. The molecule has 0 radical (unpaired) electrons. The molecule has 4 aromatic rings. The lowest BCUT2D eigenvalue weighted by Gasteiger charge is -2.51. The zero-order valence-corrected chi connectivity index (χ0v) is 26.1. The zero-order chi connectivity index (χ0) is 32.0. The van der Waals surface area contributed by atoms with Crippen molar-refractivity contribution in [1.29, 1.82) is 0 Å². The van der Waals surface area contributed by atoms with E-state index in [9.17, 15) is 15.3 Å². The van der Waals surface area contributed by atoms with Crippen LogP contribution in [0.15, 0.2) is 121 Å². The Bertz CT molecular complexity index is 1390. The summed E-state index contributed by atoms with van der Waals surface area (Å²) in [5.41, 5.74) is 2.38. The lowest BCUT2D eigenvalue weighted by molar-refractivity contribution is -0.256. The molecule has 0 saturated heterocycles. The molecule has 8 heteroatoms. The average molecular weight is 628 g/mol. The number of rotatable bonds is 17. The highest BCUT2D eigenvalue weighted by atomic mass is 16.6. The van der Waals surface area contributed by atoms with Crippen LogP contribution in [-0.4, -0.2) is 71.1 Å². The monoisotopic (exact) mass is 627 g/mol. The minimum atomic E-state index is -1.51. The third-order valence-corrected chi connectivity index (χ3v) is 8.32. The van der Waals surface area contributed by atoms with Crippen molar-refractivity contribution < 1.29 is 34.3 Å². The SMILES string of the molecule is OCC(CO)N[C@H]1C[C@](O)(COCc2ccccc2)[C@@H](OCc2ccccc2)[C@H](OCc2ccccc2)[C@H]1OCc1ccccc1. The first-order valence-corrected chi connectivity index (χ1v) is 15.9. The molecule has 4 aromatic carbocycles. The molecule has 0 aliphatic heterocycles. The number of aliphatic hydroxyl groups is 3. The summed E-state index contributed by atoms with van der Waals surface area (Å²) in [6.07, 6.45) is -2.03.